The normalized spacial score (nSPS) is 11.5. The number of nitrogens with one attached hydrogen (secondary N) is 1. The lowest BCUT2D eigenvalue weighted by Gasteiger charge is -2.17. The van der Waals surface area contributed by atoms with Gasteiger partial charge < -0.3 is 10.1 Å². The molecule has 0 atom stereocenters. The summed E-state index contributed by atoms with van der Waals surface area (Å²) in [6.07, 6.45) is 4.18. The molecule has 0 amide bonds. The maximum atomic E-state index is 10.7. The van der Waals surface area contributed by atoms with Crippen LogP contribution in [0.1, 0.15) is 19.4 Å². The second-order valence-electron chi connectivity index (χ2n) is 3.59. The fourth-order valence-electron chi connectivity index (χ4n) is 1.05. The average Bonchev–Trinajstić information content (AvgIpc) is 2.38. The summed E-state index contributed by atoms with van der Waals surface area (Å²) in [5.41, 5.74) is 0.352. The lowest BCUT2D eigenvalue weighted by Crippen LogP contribution is -2.25. The van der Waals surface area contributed by atoms with E-state index in [0.29, 0.717) is 6.42 Å². The molecule has 1 aromatic rings. The van der Waals surface area contributed by atoms with E-state index in [4.69, 9.17) is 5.11 Å². The molecule has 0 saturated heterocycles. The van der Waals surface area contributed by atoms with Gasteiger partial charge in [0.25, 0.3) is 0 Å². The van der Waals surface area contributed by atoms with Crippen LogP contribution in [0.4, 0.5) is 0 Å². The predicted octanol–water partition coefficient (Wildman–Crippen LogP) is 1.67. The van der Waals surface area contributed by atoms with E-state index in [0.717, 1.165) is 5.56 Å². The molecule has 0 saturated carbocycles. The maximum absolute atomic E-state index is 10.7. The van der Waals surface area contributed by atoms with Crippen LogP contribution < -0.4 is 0 Å². The van der Waals surface area contributed by atoms with E-state index in [1.807, 2.05) is 12.3 Å². The Balaban J connectivity index is 2.69. The number of H-pyrrole nitrogens is 1. The molecule has 0 unspecified atom stereocenters. The van der Waals surface area contributed by atoms with Crippen molar-refractivity contribution in [1.82, 2.24) is 4.98 Å². The second-order valence-corrected chi connectivity index (χ2v) is 3.59. The second kappa shape index (κ2) is 3.01. The van der Waals surface area contributed by atoms with E-state index in [1.54, 1.807) is 20.0 Å². The molecule has 0 spiro atoms. The van der Waals surface area contributed by atoms with Crippen molar-refractivity contribution in [1.29, 1.82) is 0 Å². The minimum absolute atomic E-state index is 0.561. The molecule has 0 aromatic carbocycles. The van der Waals surface area contributed by atoms with Gasteiger partial charge in [-0.3, -0.25) is 4.79 Å². The summed E-state index contributed by atoms with van der Waals surface area (Å²) in [7, 11) is 0. The van der Waals surface area contributed by atoms with E-state index >= 15 is 0 Å². The molecule has 0 aliphatic heterocycles. The number of carbonyl (C=O) groups is 1. The average molecular weight is 167 g/mol. The van der Waals surface area contributed by atoms with Gasteiger partial charge in [0.15, 0.2) is 0 Å². The van der Waals surface area contributed by atoms with Crippen LogP contribution in [0.25, 0.3) is 0 Å². The maximum Gasteiger partial charge on any atom is 0.309 e. The Morgan fingerprint density at radius 1 is 1.67 bits per heavy atom. The van der Waals surface area contributed by atoms with Gasteiger partial charge in [-0.2, -0.15) is 0 Å². The summed E-state index contributed by atoms with van der Waals surface area (Å²) in [5, 5.41) is 8.83. The Morgan fingerprint density at radius 3 is 2.75 bits per heavy atom. The number of rotatable bonds is 3. The molecule has 66 valence electrons. The van der Waals surface area contributed by atoms with Crippen molar-refractivity contribution in [3.8, 4) is 0 Å². The fraction of sp³-hybridized carbons (Fsp3) is 0.444. The first kappa shape index (κ1) is 8.84. The highest BCUT2D eigenvalue weighted by molar-refractivity contribution is 5.74. The monoisotopic (exact) mass is 167 g/mol. The summed E-state index contributed by atoms with van der Waals surface area (Å²) < 4.78 is 0. The zero-order valence-corrected chi connectivity index (χ0v) is 7.29. The number of hydrogen-bond acceptors (Lipinski definition) is 1. The highest BCUT2D eigenvalue weighted by atomic mass is 16.4. The Bertz CT molecular complexity index is 262. The van der Waals surface area contributed by atoms with Gasteiger partial charge in [-0.1, -0.05) is 0 Å². The lowest BCUT2D eigenvalue weighted by atomic mass is 9.87. The first-order valence-electron chi connectivity index (χ1n) is 3.87. The van der Waals surface area contributed by atoms with Crippen LogP contribution in [0.5, 0.6) is 0 Å². The Hall–Kier alpha value is -1.25. The van der Waals surface area contributed by atoms with E-state index in [2.05, 4.69) is 4.98 Å². The topological polar surface area (TPSA) is 53.1 Å². The van der Waals surface area contributed by atoms with Crippen molar-refractivity contribution < 1.29 is 9.90 Å². The molecule has 0 radical (unpaired) electrons. The van der Waals surface area contributed by atoms with Gasteiger partial charge in [0.1, 0.15) is 0 Å². The molecular weight excluding hydrogens is 154 g/mol. The van der Waals surface area contributed by atoms with Crippen molar-refractivity contribution >= 4 is 5.97 Å². The van der Waals surface area contributed by atoms with Gasteiger partial charge in [-0.15, -0.1) is 0 Å². The van der Waals surface area contributed by atoms with Crippen LogP contribution in [-0.2, 0) is 11.2 Å². The zero-order valence-electron chi connectivity index (χ0n) is 7.29. The minimum Gasteiger partial charge on any atom is -0.481 e. The van der Waals surface area contributed by atoms with Gasteiger partial charge in [-0.25, -0.2) is 0 Å². The third-order valence-electron chi connectivity index (χ3n) is 1.89. The SMILES string of the molecule is CC(C)(Cc1cc[nH]c1)C(=O)O. The Kier molecular flexibility index (Phi) is 2.22. The van der Waals surface area contributed by atoms with Crippen LogP contribution in [0.15, 0.2) is 18.5 Å². The number of aliphatic carboxylic acids is 1. The van der Waals surface area contributed by atoms with Crippen molar-refractivity contribution in [2.75, 3.05) is 0 Å². The summed E-state index contributed by atoms with van der Waals surface area (Å²) in [4.78, 5) is 13.6. The summed E-state index contributed by atoms with van der Waals surface area (Å²) in [6, 6.07) is 1.89. The van der Waals surface area contributed by atoms with Gasteiger partial charge in [0.2, 0.25) is 0 Å². The smallest absolute Gasteiger partial charge is 0.309 e. The van der Waals surface area contributed by atoms with Crippen LogP contribution in [0, 0.1) is 5.41 Å². The zero-order chi connectivity index (χ0) is 9.19. The molecule has 0 aliphatic rings. The highest BCUT2D eigenvalue weighted by Crippen LogP contribution is 2.21. The van der Waals surface area contributed by atoms with Gasteiger partial charge in [-0.05, 0) is 31.9 Å². The number of aromatic nitrogens is 1. The number of aromatic amines is 1. The molecule has 0 aliphatic carbocycles. The summed E-state index contributed by atoms with van der Waals surface area (Å²) >= 11 is 0. The molecule has 1 heterocycles. The van der Waals surface area contributed by atoms with E-state index in [-0.39, 0.29) is 0 Å². The van der Waals surface area contributed by atoms with Crippen LogP contribution in [0.2, 0.25) is 0 Å². The van der Waals surface area contributed by atoms with Crippen LogP contribution in [-0.4, -0.2) is 16.1 Å². The fourth-order valence-corrected chi connectivity index (χ4v) is 1.05. The lowest BCUT2D eigenvalue weighted by molar-refractivity contribution is -0.146. The Morgan fingerprint density at radius 2 is 2.33 bits per heavy atom. The van der Waals surface area contributed by atoms with Crippen molar-refractivity contribution in [3.05, 3.63) is 24.0 Å². The van der Waals surface area contributed by atoms with E-state index < -0.39 is 11.4 Å². The van der Waals surface area contributed by atoms with Gasteiger partial charge in [0, 0.05) is 12.4 Å². The number of hydrogen-bond donors (Lipinski definition) is 2. The molecule has 3 nitrogen and oxygen atoms in total. The van der Waals surface area contributed by atoms with E-state index in [9.17, 15) is 4.79 Å². The van der Waals surface area contributed by atoms with Crippen molar-refractivity contribution in [2.24, 2.45) is 5.41 Å². The Labute approximate surface area is 71.4 Å². The molecule has 0 bridgehead atoms. The molecule has 3 heteroatoms. The van der Waals surface area contributed by atoms with Crippen molar-refractivity contribution in [2.45, 2.75) is 20.3 Å². The minimum atomic E-state index is -0.760. The molecule has 2 N–H and O–H groups in total. The van der Waals surface area contributed by atoms with E-state index in [1.165, 1.54) is 0 Å². The molecular formula is C9H13NO2. The van der Waals surface area contributed by atoms with Crippen LogP contribution in [0.3, 0.4) is 0 Å². The molecule has 0 fully saturated rings. The number of carboxylic acid groups (broad SMARTS) is 1. The summed E-state index contributed by atoms with van der Waals surface area (Å²) in [6.45, 7) is 3.45. The molecule has 1 aromatic heterocycles. The first-order valence-corrected chi connectivity index (χ1v) is 3.87. The summed E-state index contributed by atoms with van der Waals surface area (Å²) in [5.74, 6) is -0.760. The first-order chi connectivity index (χ1) is 5.52. The number of carboxylic acids is 1. The van der Waals surface area contributed by atoms with Gasteiger partial charge in [0.05, 0.1) is 5.41 Å². The highest BCUT2D eigenvalue weighted by Gasteiger charge is 2.27. The quantitative estimate of drug-likeness (QED) is 0.719. The van der Waals surface area contributed by atoms with Gasteiger partial charge >= 0.3 is 5.97 Å². The third-order valence-corrected chi connectivity index (χ3v) is 1.89. The molecule has 1 rings (SSSR count). The largest absolute Gasteiger partial charge is 0.481 e. The van der Waals surface area contributed by atoms with Crippen LogP contribution >= 0.6 is 0 Å². The standard InChI is InChI=1S/C9H13NO2/c1-9(2,8(11)12)5-7-3-4-10-6-7/h3-4,6,10H,5H2,1-2H3,(H,11,12). The predicted molar refractivity (Wildman–Crippen MR) is 45.9 cm³/mol. The molecule has 12 heavy (non-hydrogen) atoms. The third kappa shape index (κ3) is 1.87. The van der Waals surface area contributed by atoms with Crippen molar-refractivity contribution in [3.63, 3.8) is 0 Å².